The fourth-order valence-electron chi connectivity index (χ4n) is 1.89. The van der Waals surface area contributed by atoms with Gasteiger partial charge in [-0.3, -0.25) is 4.79 Å². The van der Waals surface area contributed by atoms with E-state index in [1.165, 1.54) is 0 Å². The average molecular weight is 248 g/mol. The van der Waals surface area contributed by atoms with Crippen molar-refractivity contribution in [2.75, 3.05) is 18.1 Å². The number of benzene rings is 1. The Morgan fingerprint density at radius 1 is 1.11 bits per heavy atom. The van der Waals surface area contributed by atoms with Crippen LogP contribution in [-0.2, 0) is 9.90 Å². The van der Waals surface area contributed by atoms with Gasteiger partial charge in [0.05, 0.1) is 6.61 Å². The summed E-state index contributed by atoms with van der Waals surface area (Å²) in [6.45, 7) is 2.51. The van der Waals surface area contributed by atoms with Gasteiger partial charge in [-0.15, -0.1) is 0 Å². The minimum Gasteiger partial charge on any atom is -0.312 e. The van der Waals surface area contributed by atoms with Gasteiger partial charge in [-0.2, -0.15) is 0 Å². The number of unbranched alkanes of at least 4 members (excludes halogenated alkanes) is 2. The monoisotopic (exact) mass is 248 g/mol. The van der Waals surface area contributed by atoms with E-state index in [0.29, 0.717) is 19.4 Å². The molecule has 1 rings (SSSR count). The molecule has 0 heterocycles. The van der Waals surface area contributed by atoms with Gasteiger partial charge < -0.3 is 4.90 Å². The van der Waals surface area contributed by atoms with Crippen LogP contribution in [0.25, 0.3) is 0 Å². The first-order chi connectivity index (χ1) is 8.79. The Hall–Kier alpha value is -1.35. The van der Waals surface area contributed by atoms with Crippen molar-refractivity contribution in [3.63, 3.8) is 0 Å². The smallest absolute Gasteiger partial charge is 0.226 e. The molecular weight excluding hydrogens is 226 g/mol. The number of hydrogen-bond donors (Lipinski definition) is 0. The van der Waals surface area contributed by atoms with E-state index >= 15 is 0 Å². The maximum atomic E-state index is 12.1. The second-order valence-corrected chi connectivity index (χ2v) is 4.40. The van der Waals surface area contributed by atoms with Crippen LogP contribution in [-0.4, -0.2) is 19.1 Å². The van der Waals surface area contributed by atoms with Crippen molar-refractivity contribution < 1.29 is 9.90 Å². The van der Waals surface area contributed by atoms with Gasteiger partial charge in [0.2, 0.25) is 5.91 Å². The van der Waals surface area contributed by atoms with Crippen LogP contribution >= 0.6 is 0 Å². The first-order valence-electron chi connectivity index (χ1n) is 6.73. The highest BCUT2D eigenvalue weighted by atomic mass is 16.3. The quantitative estimate of drug-likeness (QED) is 0.650. The first kappa shape index (κ1) is 14.7. The van der Waals surface area contributed by atoms with E-state index in [0.717, 1.165) is 24.9 Å². The lowest BCUT2D eigenvalue weighted by molar-refractivity contribution is -0.118. The van der Waals surface area contributed by atoms with Gasteiger partial charge in [0.25, 0.3) is 0 Å². The lowest BCUT2D eigenvalue weighted by Gasteiger charge is -2.22. The van der Waals surface area contributed by atoms with E-state index in [2.05, 4.69) is 6.92 Å². The van der Waals surface area contributed by atoms with Gasteiger partial charge >= 0.3 is 0 Å². The highest BCUT2D eigenvalue weighted by molar-refractivity contribution is 5.93. The molecule has 18 heavy (non-hydrogen) atoms. The highest BCUT2D eigenvalue weighted by Gasteiger charge is 2.14. The molecule has 0 N–H and O–H groups in total. The molecule has 0 aromatic heterocycles. The Labute approximate surface area is 109 Å². The third-order valence-corrected chi connectivity index (χ3v) is 2.89. The van der Waals surface area contributed by atoms with Gasteiger partial charge in [0.1, 0.15) is 0 Å². The van der Waals surface area contributed by atoms with Crippen molar-refractivity contribution in [1.82, 2.24) is 0 Å². The maximum absolute atomic E-state index is 12.1. The molecule has 0 saturated carbocycles. The third-order valence-electron chi connectivity index (χ3n) is 2.89. The van der Waals surface area contributed by atoms with Crippen LogP contribution in [0.3, 0.4) is 0 Å². The Kier molecular flexibility index (Phi) is 7.11. The summed E-state index contributed by atoms with van der Waals surface area (Å²) in [5.41, 5.74) is 0.896. The fourth-order valence-corrected chi connectivity index (χ4v) is 1.89. The van der Waals surface area contributed by atoms with Crippen molar-refractivity contribution >= 4 is 11.6 Å². The minimum absolute atomic E-state index is 0.128. The number of hydrogen-bond acceptors (Lipinski definition) is 1. The Balaban J connectivity index is 2.63. The van der Waals surface area contributed by atoms with Crippen molar-refractivity contribution in [3.05, 3.63) is 30.3 Å². The molecule has 0 unspecified atom stereocenters. The van der Waals surface area contributed by atoms with Crippen LogP contribution in [0.1, 0.15) is 39.0 Å². The molecule has 0 aliphatic rings. The number of nitrogens with zero attached hydrogens (tertiary/aromatic N) is 1. The summed E-state index contributed by atoms with van der Waals surface area (Å²) in [4.78, 5) is 13.9. The van der Waals surface area contributed by atoms with Crippen LogP contribution < -0.4 is 4.90 Å². The van der Waals surface area contributed by atoms with Crippen molar-refractivity contribution in [2.45, 2.75) is 39.0 Å². The second-order valence-electron chi connectivity index (χ2n) is 4.40. The minimum atomic E-state index is -0.133. The first-order valence-corrected chi connectivity index (χ1v) is 6.73. The number of amides is 1. The summed E-state index contributed by atoms with van der Waals surface area (Å²) >= 11 is 0. The van der Waals surface area contributed by atoms with Gasteiger partial charge in [-0.1, -0.05) is 38.0 Å². The summed E-state index contributed by atoms with van der Waals surface area (Å²) in [7, 11) is 0. The van der Waals surface area contributed by atoms with Gasteiger partial charge in [0.15, 0.2) is 0 Å². The molecule has 0 aliphatic heterocycles. The standard InChI is InChI=1S/C15H22NO2/c1-2-3-5-11-15(18)16(12-8-13-17)14-9-6-4-7-10-14/h4,6-7,9-10H,2-3,5,8,11-13H2,1H3. The van der Waals surface area contributed by atoms with Gasteiger partial charge in [0, 0.05) is 18.7 Å². The summed E-state index contributed by atoms with van der Waals surface area (Å²) in [5.74, 6) is 0.128. The van der Waals surface area contributed by atoms with Crippen LogP contribution in [0.15, 0.2) is 30.3 Å². The van der Waals surface area contributed by atoms with Gasteiger partial charge in [-0.05, 0) is 25.0 Å². The van der Waals surface area contributed by atoms with Crippen molar-refractivity contribution in [1.29, 1.82) is 0 Å². The van der Waals surface area contributed by atoms with Crippen molar-refractivity contribution in [2.24, 2.45) is 0 Å². The van der Waals surface area contributed by atoms with E-state index in [1.807, 2.05) is 30.3 Å². The van der Waals surface area contributed by atoms with Crippen LogP contribution in [0.2, 0.25) is 0 Å². The summed E-state index contributed by atoms with van der Waals surface area (Å²) in [6, 6.07) is 9.60. The molecule has 3 heteroatoms. The van der Waals surface area contributed by atoms with E-state index in [1.54, 1.807) is 4.90 Å². The van der Waals surface area contributed by atoms with Crippen LogP contribution in [0, 0.1) is 0 Å². The predicted octanol–water partition coefficient (Wildman–Crippen LogP) is 3.42. The molecular formula is C15H22NO2. The molecule has 0 saturated heterocycles. The molecule has 99 valence electrons. The zero-order chi connectivity index (χ0) is 13.2. The summed E-state index contributed by atoms with van der Waals surface area (Å²) in [6.07, 6.45) is 4.20. The highest BCUT2D eigenvalue weighted by Crippen LogP contribution is 2.16. The molecule has 0 bridgehead atoms. The summed E-state index contributed by atoms with van der Waals surface area (Å²) < 4.78 is 0. The van der Waals surface area contributed by atoms with E-state index in [4.69, 9.17) is 0 Å². The SMILES string of the molecule is CCCCCC(=O)N(CCC[O])c1ccccc1. The molecule has 0 atom stereocenters. The van der Waals surface area contributed by atoms with Crippen LogP contribution in [0.5, 0.6) is 0 Å². The Morgan fingerprint density at radius 2 is 1.83 bits per heavy atom. The molecule has 0 aliphatic carbocycles. The zero-order valence-corrected chi connectivity index (χ0v) is 11.1. The molecule has 1 aromatic carbocycles. The molecule has 1 radical (unpaired) electrons. The average Bonchev–Trinajstić information content (AvgIpc) is 2.41. The molecule has 1 amide bonds. The van der Waals surface area contributed by atoms with E-state index in [-0.39, 0.29) is 12.5 Å². The molecule has 0 spiro atoms. The number of carbonyl (C=O) groups excluding carboxylic acids is 1. The fraction of sp³-hybridized carbons (Fsp3) is 0.533. The van der Waals surface area contributed by atoms with E-state index in [9.17, 15) is 9.90 Å². The van der Waals surface area contributed by atoms with Gasteiger partial charge in [-0.25, -0.2) is 5.11 Å². The molecule has 0 fully saturated rings. The number of anilines is 1. The summed E-state index contributed by atoms with van der Waals surface area (Å²) in [5, 5.41) is 10.6. The maximum Gasteiger partial charge on any atom is 0.226 e. The van der Waals surface area contributed by atoms with Crippen LogP contribution in [0.4, 0.5) is 5.69 Å². The third kappa shape index (κ3) is 4.88. The lowest BCUT2D eigenvalue weighted by Crippen LogP contribution is -2.32. The largest absolute Gasteiger partial charge is 0.312 e. The Bertz CT molecular complexity index is 338. The zero-order valence-electron chi connectivity index (χ0n) is 11.1. The van der Waals surface area contributed by atoms with Crippen molar-refractivity contribution in [3.8, 4) is 0 Å². The normalized spacial score (nSPS) is 10.3. The molecule has 3 nitrogen and oxygen atoms in total. The lowest BCUT2D eigenvalue weighted by atomic mass is 10.1. The Morgan fingerprint density at radius 3 is 2.44 bits per heavy atom. The number of para-hydroxylation sites is 1. The number of carbonyl (C=O) groups is 1. The predicted molar refractivity (Wildman–Crippen MR) is 73.1 cm³/mol. The number of rotatable bonds is 8. The topological polar surface area (TPSA) is 40.2 Å². The molecule has 1 aromatic rings. The second kappa shape index (κ2) is 8.70. The van der Waals surface area contributed by atoms with E-state index < -0.39 is 0 Å².